The number of rotatable bonds is 5. The van der Waals surface area contributed by atoms with Crippen LogP contribution >= 0.6 is 0 Å². The van der Waals surface area contributed by atoms with E-state index in [1.165, 1.54) is 57.8 Å². The quantitative estimate of drug-likeness (QED) is 0.776. The van der Waals surface area contributed by atoms with Gasteiger partial charge in [-0.25, -0.2) is 0 Å². The molecule has 1 saturated carbocycles. The molecule has 0 aromatic heterocycles. The van der Waals surface area contributed by atoms with Gasteiger partial charge >= 0.3 is 0 Å². The largest absolute Gasteiger partial charge is 0.378 e. The van der Waals surface area contributed by atoms with Crippen molar-refractivity contribution in [2.45, 2.75) is 69.9 Å². The van der Waals surface area contributed by atoms with Crippen LogP contribution in [-0.2, 0) is 4.74 Å². The smallest absolute Gasteiger partial charge is 0.0590 e. The molecule has 0 radical (unpaired) electrons. The fourth-order valence-corrected chi connectivity index (χ4v) is 3.29. The summed E-state index contributed by atoms with van der Waals surface area (Å²) in [6.07, 6.45) is 12.9. The highest BCUT2D eigenvalue weighted by Gasteiger charge is 2.23. The summed E-state index contributed by atoms with van der Waals surface area (Å²) in [6, 6.07) is 0.686. The van der Waals surface area contributed by atoms with Crippen LogP contribution in [0.15, 0.2) is 0 Å². The molecule has 0 amide bonds. The minimum absolute atomic E-state index is 0.535. The third-order valence-corrected chi connectivity index (χ3v) is 4.32. The molecule has 2 aliphatic rings. The zero-order valence-corrected chi connectivity index (χ0v) is 10.7. The molecule has 1 N–H and O–H groups in total. The summed E-state index contributed by atoms with van der Waals surface area (Å²) in [6.45, 7) is 0.991. The first-order chi connectivity index (χ1) is 7.88. The van der Waals surface area contributed by atoms with Gasteiger partial charge in [-0.1, -0.05) is 25.7 Å². The van der Waals surface area contributed by atoms with Crippen molar-refractivity contribution in [1.82, 2.24) is 5.32 Å². The van der Waals surface area contributed by atoms with Crippen LogP contribution in [0.5, 0.6) is 0 Å². The lowest BCUT2D eigenvalue weighted by molar-refractivity contribution is 0.00425. The van der Waals surface area contributed by atoms with Gasteiger partial charge in [-0.15, -0.1) is 0 Å². The van der Waals surface area contributed by atoms with Gasteiger partial charge in [0.1, 0.15) is 0 Å². The summed E-state index contributed by atoms with van der Waals surface area (Å²) in [5, 5.41) is 3.50. The molecule has 16 heavy (non-hydrogen) atoms. The number of ether oxygens (including phenoxy) is 1. The second-order valence-corrected chi connectivity index (χ2v) is 5.60. The maximum absolute atomic E-state index is 5.83. The second-order valence-electron chi connectivity index (χ2n) is 5.60. The van der Waals surface area contributed by atoms with Gasteiger partial charge in [0.2, 0.25) is 0 Å². The molecule has 1 aliphatic heterocycles. The van der Waals surface area contributed by atoms with Crippen LogP contribution in [0.3, 0.4) is 0 Å². The van der Waals surface area contributed by atoms with Gasteiger partial charge in [-0.2, -0.15) is 0 Å². The molecule has 0 aromatic rings. The zero-order chi connectivity index (χ0) is 11.2. The van der Waals surface area contributed by atoms with E-state index in [1.54, 1.807) is 0 Å². The van der Waals surface area contributed by atoms with Crippen molar-refractivity contribution < 1.29 is 4.74 Å². The van der Waals surface area contributed by atoms with Crippen LogP contribution in [0.1, 0.15) is 57.8 Å². The Balaban J connectivity index is 1.70. The summed E-state index contributed by atoms with van der Waals surface area (Å²) >= 11 is 0. The predicted octanol–water partition coefficient (Wildman–Crippen LogP) is 3.11. The highest BCUT2D eigenvalue weighted by Crippen LogP contribution is 2.30. The Morgan fingerprint density at radius 3 is 2.44 bits per heavy atom. The van der Waals surface area contributed by atoms with Gasteiger partial charge in [0.15, 0.2) is 0 Å². The van der Waals surface area contributed by atoms with Gasteiger partial charge in [-0.3, -0.25) is 0 Å². The first-order valence-electron chi connectivity index (χ1n) is 7.17. The summed E-state index contributed by atoms with van der Waals surface area (Å²) in [5.41, 5.74) is 0. The summed E-state index contributed by atoms with van der Waals surface area (Å²) in [5.74, 6) is 0.987. The average molecular weight is 225 g/mol. The SMILES string of the molecule is CNC(CC1CCCC1)CC1CCCCO1. The zero-order valence-electron chi connectivity index (χ0n) is 10.7. The topological polar surface area (TPSA) is 21.3 Å². The van der Waals surface area contributed by atoms with Crippen LogP contribution in [0.4, 0.5) is 0 Å². The van der Waals surface area contributed by atoms with Crippen molar-refractivity contribution in [3.63, 3.8) is 0 Å². The van der Waals surface area contributed by atoms with Gasteiger partial charge in [0.25, 0.3) is 0 Å². The van der Waals surface area contributed by atoms with E-state index in [0.717, 1.165) is 12.5 Å². The van der Waals surface area contributed by atoms with E-state index >= 15 is 0 Å². The molecule has 1 saturated heterocycles. The number of nitrogens with one attached hydrogen (secondary N) is 1. The molecular formula is C14H27NO. The Kier molecular flexibility index (Phi) is 5.11. The molecule has 2 nitrogen and oxygen atoms in total. The average Bonchev–Trinajstić information content (AvgIpc) is 2.82. The molecule has 0 spiro atoms. The standard InChI is InChI=1S/C14H27NO/c1-15-13(10-12-6-2-3-7-12)11-14-8-4-5-9-16-14/h12-15H,2-11H2,1H3. The van der Waals surface area contributed by atoms with Gasteiger partial charge < -0.3 is 10.1 Å². The Labute approximate surface area is 100 Å². The van der Waals surface area contributed by atoms with Crippen LogP contribution in [0.2, 0.25) is 0 Å². The van der Waals surface area contributed by atoms with Crippen molar-refractivity contribution >= 4 is 0 Å². The molecular weight excluding hydrogens is 198 g/mol. The minimum atomic E-state index is 0.535. The molecule has 1 aliphatic carbocycles. The Bertz CT molecular complexity index is 183. The maximum atomic E-state index is 5.83. The van der Waals surface area contributed by atoms with Crippen LogP contribution in [-0.4, -0.2) is 25.8 Å². The van der Waals surface area contributed by atoms with E-state index in [1.807, 2.05) is 0 Å². The lowest BCUT2D eigenvalue weighted by Gasteiger charge is -2.28. The number of hydrogen-bond donors (Lipinski definition) is 1. The van der Waals surface area contributed by atoms with Gasteiger partial charge in [-0.05, 0) is 45.1 Å². The monoisotopic (exact) mass is 225 g/mol. The Morgan fingerprint density at radius 2 is 1.81 bits per heavy atom. The van der Waals surface area contributed by atoms with E-state index in [-0.39, 0.29) is 0 Å². The molecule has 0 bridgehead atoms. The molecule has 2 rings (SSSR count). The normalized spacial score (nSPS) is 29.4. The van der Waals surface area contributed by atoms with Crippen molar-refractivity contribution in [2.75, 3.05) is 13.7 Å². The summed E-state index contributed by atoms with van der Waals surface area (Å²) < 4.78 is 5.83. The third kappa shape index (κ3) is 3.74. The van der Waals surface area contributed by atoms with Crippen LogP contribution in [0.25, 0.3) is 0 Å². The Hall–Kier alpha value is -0.0800. The molecule has 0 aromatic carbocycles. The van der Waals surface area contributed by atoms with Crippen LogP contribution in [0, 0.1) is 5.92 Å². The van der Waals surface area contributed by atoms with E-state index in [2.05, 4.69) is 12.4 Å². The molecule has 2 heteroatoms. The van der Waals surface area contributed by atoms with E-state index in [0.29, 0.717) is 12.1 Å². The van der Waals surface area contributed by atoms with Gasteiger partial charge in [0.05, 0.1) is 6.10 Å². The van der Waals surface area contributed by atoms with E-state index in [4.69, 9.17) is 4.74 Å². The first-order valence-corrected chi connectivity index (χ1v) is 7.17. The van der Waals surface area contributed by atoms with Crippen molar-refractivity contribution in [2.24, 2.45) is 5.92 Å². The summed E-state index contributed by atoms with van der Waals surface area (Å²) in [7, 11) is 2.11. The molecule has 1 heterocycles. The van der Waals surface area contributed by atoms with Crippen LogP contribution < -0.4 is 5.32 Å². The number of hydrogen-bond acceptors (Lipinski definition) is 2. The van der Waals surface area contributed by atoms with Crippen molar-refractivity contribution in [1.29, 1.82) is 0 Å². The highest BCUT2D eigenvalue weighted by atomic mass is 16.5. The van der Waals surface area contributed by atoms with Gasteiger partial charge in [0, 0.05) is 12.6 Å². The third-order valence-electron chi connectivity index (χ3n) is 4.32. The van der Waals surface area contributed by atoms with E-state index < -0.39 is 0 Å². The molecule has 2 atom stereocenters. The first kappa shape index (κ1) is 12.4. The second kappa shape index (κ2) is 6.61. The lowest BCUT2D eigenvalue weighted by atomic mass is 9.93. The fraction of sp³-hybridized carbons (Fsp3) is 1.00. The minimum Gasteiger partial charge on any atom is -0.378 e. The van der Waals surface area contributed by atoms with Crippen molar-refractivity contribution in [3.05, 3.63) is 0 Å². The molecule has 2 unspecified atom stereocenters. The molecule has 94 valence electrons. The fourth-order valence-electron chi connectivity index (χ4n) is 3.29. The Morgan fingerprint density at radius 1 is 1.06 bits per heavy atom. The maximum Gasteiger partial charge on any atom is 0.0590 e. The molecule has 2 fully saturated rings. The van der Waals surface area contributed by atoms with E-state index in [9.17, 15) is 0 Å². The lowest BCUT2D eigenvalue weighted by Crippen LogP contribution is -2.33. The highest BCUT2D eigenvalue weighted by molar-refractivity contribution is 4.78. The summed E-state index contributed by atoms with van der Waals surface area (Å²) in [4.78, 5) is 0. The van der Waals surface area contributed by atoms with Crippen molar-refractivity contribution in [3.8, 4) is 0 Å². The predicted molar refractivity (Wildman–Crippen MR) is 67.6 cm³/mol.